The minimum Gasteiger partial charge on any atom is -0.482 e. The average Bonchev–Trinajstić information content (AvgIpc) is 3.07. The second-order valence-electron chi connectivity index (χ2n) is 7.95. The van der Waals surface area contributed by atoms with Gasteiger partial charge in [-0.15, -0.1) is 0 Å². The smallest absolute Gasteiger partial charge is 0.344 e. The third-order valence-corrected chi connectivity index (χ3v) is 5.48. The lowest BCUT2D eigenvalue weighted by molar-refractivity contribution is -0.163. The van der Waals surface area contributed by atoms with Crippen molar-refractivity contribution in [2.24, 2.45) is 11.8 Å². The van der Waals surface area contributed by atoms with Gasteiger partial charge in [-0.3, -0.25) is 0 Å². The van der Waals surface area contributed by atoms with Gasteiger partial charge in [0.15, 0.2) is 6.61 Å². The van der Waals surface area contributed by atoms with Crippen LogP contribution in [0.1, 0.15) is 71.8 Å². The lowest BCUT2D eigenvalue weighted by Gasteiger charge is -2.31. The largest absolute Gasteiger partial charge is 0.482 e. The predicted molar refractivity (Wildman–Crippen MR) is 97.3 cm³/mol. The van der Waals surface area contributed by atoms with Crippen molar-refractivity contribution < 1.29 is 14.3 Å². The van der Waals surface area contributed by atoms with Gasteiger partial charge in [-0.2, -0.15) is 0 Å². The molecule has 1 fully saturated rings. The van der Waals surface area contributed by atoms with Gasteiger partial charge in [-0.25, -0.2) is 4.79 Å². The molecule has 0 radical (unpaired) electrons. The summed E-state index contributed by atoms with van der Waals surface area (Å²) in [5.41, 5.74) is 0.898. The summed E-state index contributed by atoms with van der Waals surface area (Å²) in [4.78, 5) is 12.1. The van der Waals surface area contributed by atoms with E-state index in [-0.39, 0.29) is 12.6 Å². The fourth-order valence-corrected chi connectivity index (χ4v) is 3.42. The number of carbonyl (C=O) groups is 1. The Morgan fingerprint density at radius 1 is 1.12 bits per heavy atom. The summed E-state index contributed by atoms with van der Waals surface area (Å²) in [5.74, 6) is 2.01. The number of hydrogen-bond donors (Lipinski definition) is 0. The van der Waals surface area contributed by atoms with E-state index in [9.17, 15) is 4.79 Å². The maximum Gasteiger partial charge on any atom is 0.344 e. The van der Waals surface area contributed by atoms with E-state index in [0.717, 1.165) is 12.8 Å². The number of hydrogen-bond acceptors (Lipinski definition) is 3. The molecular weight excluding hydrogens is 300 g/mol. The zero-order valence-corrected chi connectivity index (χ0v) is 15.8. The van der Waals surface area contributed by atoms with Gasteiger partial charge in [0.05, 0.1) is 0 Å². The molecule has 1 atom stereocenters. The van der Waals surface area contributed by atoms with Gasteiger partial charge in [0.25, 0.3) is 0 Å². The van der Waals surface area contributed by atoms with Crippen LogP contribution >= 0.6 is 0 Å². The number of carbonyl (C=O) groups excluding carboxylic acids is 1. The number of esters is 1. The monoisotopic (exact) mass is 332 g/mol. The van der Waals surface area contributed by atoms with Gasteiger partial charge in [0.2, 0.25) is 0 Å². The second kappa shape index (κ2) is 8.04. The van der Waals surface area contributed by atoms with Crippen molar-refractivity contribution in [3.8, 4) is 5.75 Å². The van der Waals surface area contributed by atoms with E-state index in [1.54, 1.807) is 0 Å². The van der Waals surface area contributed by atoms with Crippen LogP contribution in [0.3, 0.4) is 0 Å². The molecular formula is C21H32O3. The van der Waals surface area contributed by atoms with Crippen molar-refractivity contribution in [1.82, 2.24) is 0 Å². The molecule has 0 aliphatic heterocycles. The molecule has 24 heavy (non-hydrogen) atoms. The molecule has 0 bridgehead atoms. The van der Waals surface area contributed by atoms with Crippen molar-refractivity contribution in [3.05, 3.63) is 29.8 Å². The summed E-state index contributed by atoms with van der Waals surface area (Å²) >= 11 is 0. The number of benzene rings is 1. The fourth-order valence-electron chi connectivity index (χ4n) is 3.42. The minimum absolute atomic E-state index is 0.0325. The lowest BCUT2D eigenvalue weighted by Crippen LogP contribution is -2.37. The Morgan fingerprint density at radius 2 is 1.71 bits per heavy atom. The second-order valence-corrected chi connectivity index (χ2v) is 7.95. The van der Waals surface area contributed by atoms with E-state index < -0.39 is 5.60 Å². The van der Waals surface area contributed by atoms with Crippen molar-refractivity contribution in [2.45, 2.75) is 71.8 Å². The third-order valence-electron chi connectivity index (χ3n) is 5.48. The maximum absolute atomic E-state index is 12.1. The van der Waals surface area contributed by atoms with Crippen LogP contribution in [0.25, 0.3) is 0 Å². The Hall–Kier alpha value is -1.51. The summed E-state index contributed by atoms with van der Waals surface area (Å²) in [7, 11) is 0. The van der Waals surface area contributed by atoms with Gasteiger partial charge in [0, 0.05) is 0 Å². The summed E-state index contributed by atoms with van der Waals surface area (Å²) in [6.45, 7) is 10.7. The molecule has 3 nitrogen and oxygen atoms in total. The van der Waals surface area contributed by atoms with E-state index in [4.69, 9.17) is 9.47 Å². The van der Waals surface area contributed by atoms with Crippen LogP contribution in [-0.2, 0) is 9.53 Å². The molecule has 0 saturated heterocycles. The van der Waals surface area contributed by atoms with E-state index >= 15 is 0 Å². The topological polar surface area (TPSA) is 35.5 Å². The molecule has 1 aliphatic carbocycles. The highest BCUT2D eigenvalue weighted by molar-refractivity contribution is 5.71. The van der Waals surface area contributed by atoms with Gasteiger partial charge in [-0.05, 0) is 62.1 Å². The molecule has 0 N–H and O–H groups in total. The predicted octanol–water partition coefficient (Wildman–Crippen LogP) is 5.34. The van der Waals surface area contributed by atoms with Crippen LogP contribution < -0.4 is 4.74 Å². The van der Waals surface area contributed by atoms with Crippen LogP contribution in [0.2, 0.25) is 0 Å². The van der Waals surface area contributed by atoms with Crippen molar-refractivity contribution in [3.63, 3.8) is 0 Å². The Kier molecular flexibility index (Phi) is 6.31. The molecule has 1 unspecified atom stereocenters. The van der Waals surface area contributed by atoms with Crippen LogP contribution in [0.4, 0.5) is 0 Å². The molecule has 0 aromatic heterocycles. The van der Waals surface area contributed by atoms with Crippen LogP contribution in [0.15, 0.2) is 24.3 Å². The molecule has 3 heteroatoms. The normalized spacial score (nSPS) is 17.1. The summed E-state index contributed by atoms with van der Waals surface area (Å²) < 4.78 is 11.3. The highest BCUT2D eigenvalue weighted by Gasteiger charge is 2.35. The third kappa shape index (κ3) is 4.99. The molecule has 1 aliphatic rings. The standard InChI is InChI=1S/C21H32O3/c1-15(2)16(3)17-10-12-19(13-11-17)23-14-20(22)24-21(4,5)18-8-6-7-9-18/h10-13,15-16,18H,6-9,14H2,1-5H3. The zero-order valence-electron chi connectivity index (χ0n) is 15.8. The Bertz CT molecular complexity index is 525. The minimum atomic E-state index is -0.395. The average molecular weight is 332 g/mol. The van der Waals surface area contributed by atoms with Gasteiger partial charge >= 0.3 is 5.97 Å². The summed E-state index contributed by atoms with van der Waals surface area (Å²) in [5, 5.41) is 0. The molecule has 134 valence electrons. The molecule has 1 saturated carbocycles. The van der Waals surface area contributed by atoms with E-state index in [0.29, 0.717) is 23.5 Å². The molecule has 0 amide bonds. The Morgan fingerprint density at radius 3 is 2.25 bits per heavy atom. The first-order valence-corrected chi connectivity index (χ1v) is 9.24. The quantitative estimate of drug-likeness (QED) is 0.632. The number of rotatable bonds is 7. The first kappa shape index (κ1) is 18.8. The van der Waals surface area contributed by atoms with Gasteiger partial charge in [0.1, 0.15) is 11.4 Å². The summed E-state index contributed by atoms with van der Waals surface area (Å²) in [6.07, 6.45) is 4.78. The van der Waals surface area contributed by atoms with Crippen LogP contribution in [0, 0.1) is 11.8 Å². The Labute approximate surface area is 146 Å². The molecule has 0 heterocycles. The van der Waals surface area contributed by atoms with Crippen LogP contribution in [0.5, 0.6) is 5.75 Å². The molecule has 1 aromatic carbocycles. The van der Waals surface area contributed by atoms with E-state index in [1.165, 1.54) is 18.4 Å². The first-order chi connectivity index (χ1) is 11.3. The van der Waals surface area contributed by atoms with Crippen LogP contribution in [-0.4, -0.2) is 18.2 Å². The highest BCUT2D eigenvalue weighted by atomic mass is 16.6. The van der Waals surface area contributed by atoms with E-state index in [2.05, 4.69) is 32.9 Å². The summed E-state index contributed by atoms with van der Waals surface area (Å²) in [6, 6.07) is 8.02. The van der Waals surface area contributed by atoms with Gasteiger partial charge in [-0.1, -0.05) is 45.7 Å². The fraction of sp³-hybridized carbons (Fsp3) is 0.667. The van der Waals surface area contributed by atoms with E-state index in [1.807, 2.05) is 26.0 Å². The van der Waals surface area contributed by atoms with Crippen molar-refractivity contribution >= 4 is 5.97 Å². The van der Waals surface area contributed by atoms with Crippen molar-refractivity contribution in [2.75, 3.05) is 6.61 Å². The number of ether oxygens (including phenoxy) is 2. The lowest BCUT2D eigenvalue weighted by atomic mass is 9.89. The zero-order chi connectivity index (χ0) is 17.7. The van der Waals surface area contributed by atoms with Crippen molar-refractivity contribution in [1.29, 1.82) is 0 Å². The highest BCUT2D eigenvalue weighted by Crippen LogP contribution is 2.36. The SMILES string of the molecule is CC(C)C(C)c1ccc(OCC(=O)OC(C)(C)C2CCCC2)cc1. The maximum atomic E-state index is 12.1. The molecule has 1 aromatic rings. The van der Waals surface area contributed by atoms with Gasteiger partial charge < -0.3 is 9.47 Å². The Balaban J connectivity index is 1.83. The molecule has 0 spiro atoms. The molecule has 2 rings (SSSR count). The first-order valence-electron chi connectivity index (χ1n) is 9.24.